The molecule has 1 aliphatic rings. The summed E-state index contributed by atoms with van der Waals surface area (Å²) in [5.74, 6) is 1.11. The summed E-state index contributed by atoms with van der Waals surface area (Å²) in [5.41, 5.74) is 6.90. The van der Waals surface area contributed by atoms with Crippen molar-refractivity contribution >= 4 is 5.82 Å². The summed E-state index contributed by atoms with van der Waals surface area (Å²) >= 11 is 0. The molecule has 1 atom stereocenters. The molecule has 1 unspecified atom stereocenters. The number of nitrogens with zero attached hydrogens (tertiary/aromatic N) is 2. The van der Waals surface area contributed by atoms with E-state index in [0.29, 0.717) is 6.04 Å². The SMILES string of the molecule is Cc1ccc(N2CCCCC2CCN)nc1. The molecule has 1 fully saturated rings. The third-order valence-electron chi connectivity index (χ3n) is 3.32. The van der Waals surface area contributed by atoms with E-state index in [1.165, 1.54) is 24.8 Å². The van der Waals surface area contributed by atoms with Gasteiger partial charge in [0.15, 0.2) is 0 Å². The number of hydrogen-bond donors (Lipinski definition) is 1. The van der Waals surface area contributed by atoms with Crippen molar-refractivity contribution in [1.29, 1.82) is 0 Å². The number of pyridine rings is 1. The second-order valence-electron chi connectivity index (χ2n) is 4.61. The Kier molecular flexibility index (Phi) is 3.78. The Morgan fingerprint density at radius 2 is 2.31 bits per heavy atom. The fourth-order valence-corrected chi connectivity index (χ4v) is 2.42. The van der Waals surface area contributed by atoms with E-state index in [4.69, 9.17) is 5.73 Å². The van der Waals surface area contributed by atoms with Gasteiger partial charge >= 0.3 is 0 Å². The molecule has 1 aliphatic heterocycles. The fourth-order valence-electron chi connectivity index (χ4n) is 2.42. The summed E-state index contributed by atoms with van der Waals surface area (Å²) < 4.78 is 0. The van der Waals surface area contributed by atoms with E-state index in [0.717, 1.165) is 25.3 Å². The Balaban J connectivity index is 2.13. The van der Waals surface area contributed by atoms with Gasteiger partial charge in [-0.15, -0.1) is 0 Å². The lowest BCUT2D eigenvalue weighted by Gasteiger charge is -2.36. The van der Waals surface area contributed by atoms with E-state index in [1.54, 1.807) is 0 Å². The number of rotatable bonds is 3. The second-order valence-corrected chi connectivity index (χ2v) is 4.61. The molecule has 0 saturated carbocycles. The molecule has 0 spiro atoms. The van der Waals surface area contributed by atoms with E-state index < -0.39 is 0 Å². The zero-order chi connectivity index (χ0) is 11.4. The quantitative estimate of drug-likeness (QED) is 0.846. The fraction of sp³-hybridized carbons (Fsp3) is 0.615. The lowest BCUT2D eigenvalue weighted by Crippen LogP contribution is -2.41. The van der Waals surface area contributed by atoms with Crippen LogP contribution in [0.15, 0.2) is 18.3 Å². The summed E-state index contributed by atoms with van der Waals surface area (Å²) in [6.45, 7) is 3.97. The maximum Gasteiger partial charge on any atom is 0.128 e. The number of aryl methyl sites for hydroxylation is 1. The zero-order valence-electron chi connectivity index (χ0n) is 10.0. The standard InChI is InChI=1S/C13H21N3/c1-11-5-6-13(15-10-11)16-9-3-2-4-12(16)7-8-14/h5-6,10,12H,2-4,7-9,14H2,1H3. The summed E-state index contributed by atoms with van der Waals surface area (Å²) in [7, 11) is 0. The van der Waals surface area contributed by atoms with Gasteiger partial charge in [-0.1, -0.05) is 6.07 Å². The normalized spacial score (nSPS) is 21.1. The molecule has 2 rings (SSSR count). The van der Waals surface area contributed by atoms with Gasteiger partial charge < -0.3 is 10.6 Å². The number of anilines is 1. The molecule has 2 N–H and O–H groups in total. The third-order valence-corrected chi connectivity index (χ3v) is 3.32. The first-order chi connectivity index (χ1) is 7.81. The van der Waals surface area contributed by atoms with Crippen LogP contribution in [0, 0.1) is 6.92 Å². The Labute approximate surface area is 97.7 Å². The van der Waals surface area contributed by atoms with Crippen molar-refractivity contribution < 1.29 is 0 Å². The third kappa shape index (κ3) is 2.53. The van der Waals surface area contributed by atoms with Gasteiger partial charge in [-0.05, 0) is 50.8 Å². The zero-order valence-corrected chi connectivity index (χ0v) is 10.0. The molecule has 3 nitrogen and oxygen atoms in total. The van der Waals surface area contributed by atoms with Crippen molar-refractivity contribution in [3.05, 3.63) is 23.9 Å². The van der Waals surface area contributed by atoms with Gasteiger partial charge in [0.2, 0.25) is 0 Å². The summed E-state index contributed by atoms with van der Waals surface area (Å²) in [6.07, 6.45) is 6.88. The Morgan fingerprint density at radius 1 is 1.44 bits per heavy atom. The average molecular weight is 219 g/mol. The van der Waals surface area contributed by atoms with Gasteiger partial charge in [0, 0.05) is 18.8 Å². The van der Waals surface area contributed by atoms with Gasteiger partial charge in [-0.25, -0.2) is 4.98 Å². The van der Waals surface area contributed by atoms with E-state index in [1.807, 2.05) is 6.20 Å². The Morgan fingerprint density at radius 3 is 3.00 bits per heavy atom. The highest BCUT2D eigenvalue weighted by Gasteiger charge is 2.22. The maximum atomic E-state index is 5.68. The molecule has 88 valence electrons. The lowest BCUT2D eigenvalue weighted by atomic mass is 9.99. The minimum Gasteiger partial charge on any atom is -0.354 e. The molecule has 2 heterocycles. The van der Waals surface area contributed by atoms with Crippen molar-refractivity contribution in [2.45, 2.75) is 38.6 Å². The molecular weight excluding hydrogens is 198 g/mol. The molecule has 1 aromatic heterocycles. The van der Waals surface area contributed by atoms with E-state index in [2.05, 4.69) is 28.9 Å². The first-order valence-electron chi connectivity index (χ1n) is 6.20. The smallest absolute Gasteiger partial charge is 0.128 e. The maximum absolute atomic E-state index is 5.68. The topological polar surface area (TPSA) is 42.1 Å². The molecule has 1 aromatic rings. The molecule has 0 aliphatic carbocycles. The summed E-state index contributed by atoms with van der Waals surface area (Å²) in [5, 5.41) is 0. The lowest BCUT2D eigenvalue weighted by molar-refractivity contribution is 0.439. The van der Waals surface area contributed by atoms with Crippen LogP contribution in [0.2, 0.25) is 0 Å². The number of hydrogen-bond acceptors (Lipinski definition) is 3. The highest BCUT2D eigenvalue weighted by atomic mass is 15.2. The molecule has 16 heavy (non-hydrogen) atoms. The monoisotopic (exact) mass is 219 g/mol. The summed E-state index contributed by atoms with van der Waals surface area (Å²) in [4.78, 5) is 6.95. The van der Waals surface area contributed by atoms with Crippen molar-refractivity contribution in [3.63, 3.8) is 0 Å². The largest absolute Gasteiger partial charge is 0.354 e. The van der Waals surface area contributed by atoms with Crippen LogP contribution in [0.1, 0.15) is 31.2 Å². The van der Waals surface area contributed by atoms with Crippen molar-refractivity contribution in [2.75, 3.05) is 18.0 Å². The van der Waals surface area contributed by atoms with E-state index >= 15 is 0 Å². The van der Waals surface area contributed by atoms with E-state index in [9.17, 15) is 0 Å². The van der Waals surface area contributed by atoms with Crippen molar-refractivity contribution in [2.24, 2.45) is 5.73 Å². The molecule has 0 radical (unpaired) electrons. The van der Waals surface area contributed by atoms with Crippen LogP contribution in [0.3, 0.4) is 0 Å². The van der Waals surface area contributed by atoms with Crippen LogP contribution >= 0.6 is 0 Å². The second kappa shape index (κ2) is 5.30. The first-order valence-corrected chi connectivity index (χ1v) is 6.20. The minimum atomic E-state index is 0.592. The van der Waals surface area contributed by atoms with Gasteiger partial charge in [-0.2, -0.15) is 0 Å². The highest BCUT2D eigenvalue weighted by molar-refractivity contribution is 5.41. The van der Waals surface area contributed by atoms with E-state index in [-0.39, 0.29) is 0 Å². The summed E-state index contributed by atoms with van der Waals surface area (Å²) in [6, 6.07) is 4.86. The molecule has 0 amide bonds. The van der Waals surface area contributed by atoms with Crippen LogP contribution in [-0.2, 0) is 0 Å². The molecule has 0 aromatic carbocycles. The molecular formula is C13H21N3. The minimum absolute atomic E-state index is 0.592. The first kappa shape index (κ1) is 11.4. The van der Waals surface area contributed by atoms with Crippen molar-refractivity contribution in [3.8, 4) is 0 Å². The highest BCUT2D eigenvalue weighted by Crippen LogP contribution is 2.24. The number of piperidine rings is 1. The van der Waals surface area contributed by atoms with Gasteiger partial charge in [0.25, 0.3) is 0 Å². The predicted octanol–water partition coefficient (Wildman–Crippen LogP) is 2.10. The Bertz CT molecular complexity index is 318. The van der Waals surface area contributed by atoms with Crippen LogP contribution in [0.5, 0.6) is 0 Å². The number of aromatic nitrogens is 1. The number of nitrogens with two attached hydrogens (primary N) is 1. The van der Waals surface area contributed by atoms with Gasteiger partial charge in [-0.3, -0.25) is 0 Å². The Hall–Kier alpha value is -1.09. The van der Waals surface area contributed by atoms with Crippen molar-refractivity contribution in [1.82, 2.24) is 4.98 Å². The molecule has 0 bridgehead atoms. The van der Waals surface area contributed by atoms with Crippen LogP contribution in [0.25, 0.3) is 0 Å². The predicted molar refractivity (Wildman–Crippen MR) is 67.6 cm³/mol. The molecule has 3 heteroatoms. The van der Waals surface area contributed by atoms with Gasteiger partial charge in [0.1, 0.15) is 5.82 Å². The molecule has 1 saturated heterocycles. The van der Waals surface area contributed by atoms with Gasteiger partial charge in [0.05, 0.1) is 0 Å². The average Bonchev–Trinajstić information content (AvgIpc) is 2.32. The van der Waals surface area contributed by atoms with Crippen LogP contribution in [0.4, 0.5) is 5.82 Å². The van der Waals surface area contributed by atoms with Crippen LogP contribution < -0.4 is 10.6 Å². The van der Waals surface area contributed by atoms with Crippen LogP contribution in [-0.4, -0.2) is 24.1 Å².